The first kappa shape index (κ1) is 16.1. The van der Waals surface area contributed by atoms with Crippen LogP contribution in [0.2, 0.25) is 0 Å². The summed E-state index contributed by atoms with van der Waals surface area (Å²) < 4.78 is 26.8. The van der Waals surface area contributed by atoms with Gasteiger partial charge in [0.15, 0.2) is 5.03 Å². The Morgan fingerprint density at radius 2 is 2.15 bits per heavy atom. The standard InChI is InChI=1S/C13H19ClN2O2S2/c1-13(2)5-6-16(7-8-19-13)20(17,18)12-4-3-11(9-14)10-15-12/h3-4,10H,5-9H2,1-2H3. The molecule has 1 aromatic heterocycles. The van der Waals surface area contributed by atoms with Gasteiger partial charge in [-0.25, -0.2) is 13.4 Å². The predicted molar refractivity (Wildman–Crippen MR) is 83.7 cm³/mol. The molecule has 1 aliphatic heterocycles. The van der Waals surface area contributed by atoms with E-state index >= 15 is 0 Å². The summed E-state index contributed by atoms with van der Waals surface area (Å²) in [5.41, 5.74) is 0.818. The van der Waals surface area contributed by atoms with Gasteiger partial charge in [0.25, 0.3) is 10.0 Å². The van der Waals surface area contributed by atoms with Gasteiger partial charge in [0, 0.05) is 35.7 Å². The Hall–Kier alpha value is -0.300. The Morgan fingerprint density at radius 1 is 1.40 bits per heavy atom. The van der Waals surface area contributed by atoms with Crippen LogP contribution in [0.4, 0.5) is 0 Å². The van der Waals surface area contributed by atoms with E-state index in [1.54, 1.807) is 6.07 Å². The van der Waals surface area contributed by atoms with Gasteiger partial charge < -0.3 is 0 Å². The molecule has 1 aliphatic rings. The lowest BCUT2D eigenvalue weighted by molar-refractivity contribution is 0.413. The van der Waals surface area contributed by atoms with E-state index in [0.29, 0.717) is 19.0 Å². The fourth-order valence-electron chi connectivity index (χ4n) is 2.02. The van der Waals surface area contributed by atoms with Crippen LogP contribution in [0.1, 0.15) is 25.8 Å². The molecule has 2 rings (SSSR count). The van der Waals surface area contributed by atoms with Crippen molar-refractivity contribution in [3.63, 3.8) is 0 Å². The van der Waals surface area contributed by atoms with Gasteiger partial charge in [-0.2, -0.15) is 16.1 Å². The van der Waals surface area contributed by atoms with Gasteiger partial charge in [0.1, 0.15) is 0 Å². The van der Waals surface area contributed by atoms with E-state index in [1.165, 1.54) is 16.6 Å². The molecule has 0 saturated carbocycles. The van der Waals surface area contributed by atoms with E-state index in [4.69, 9.17) is 11.6 Å². The first-order chi connectivity index (χ1) is 9.35. The van der Waals surface area contributed by atoms with Crippen LogP contribution in [0.25, 0.3) is 0 Å². The lowest BCUT2D eigenvalue weighted by Gasteiger charge is -2.22. The number of sulfonamides is 1. The Morgan fingerprint density at radius 3 is 2.75 bits per heavy atom. The molecule has 20 heavy (non-hydrogen) atoms. The summed E-state index contributed by atoms with van der Waals surface area (Å²) in [5, 5.41) is 0.107. The largest absolute Gasteiger partial charge is 0.260 e. The second-order valence-electron chi connectivity index (χ2n) is 5.40. The van der Waals surface area contributed by atoms with Gasteiger partial charge in [-0.15, -0.1) is 11.6 Å². The van der Waals surface area contributed by atoms with E-state index in [9.17, 15) is 8.42 Å². The molecule has 0 radical (unpaired) electrons. The molecule has 0 aliphatic carbocycles. The zero-order valence-electron chi connectivity index (χ0n) is 11.7. The zero-order valence-corrected chi connectivity index (χ0v) is 14.1. The number of pyridine rings is 1. The van der Waals surface area contributed by atoms with Crippen LogP contribution in [-0.4, -0.2) is 41.3 Å². The maximum Gasteiger partial charge on any atom is 0.260 e. The SMILES string of the molecule is CC1(C)CCN(S(=O)(=O)c2ccc(CCl)cn2)CCS1. The molecule has 1 aromatic rings. The minimum absolute atomic E-state index is 0.107. The second kappa shape index (κ2) is 6.22. The topological polar surface area (TPSA) is 50.3 Å². The highest BCUT2D eigenvalue weighted by molar-refractivity contribution is 8.00. The molecule has 0 atom stereocenters. The molecule has 1 saturated heterocycles. The third kappa shape index (κ3) is 3.67. The summed E-state index contributed by atoms with van der Waals surface area (Å²) in [4.78, 5) is 4.04. The van der Waals surface area contributed by atoms with Crippen molar-refractivity contribution in [1.82, 2.24) is 9.29 Å². The number of hydrogen-bond acceptors (Lipinski definition) is 4. The third-order valence-electron chi connectivity index (χ3n) is 3.35. The maximum atomic E-state index is 12.6. The Bertz CT molecular complexity index is 558. The molecule has 0 bridgehead atoms. The van der Waals surface area contributed by atoms with Crippen molar-refractivity contribution in [1.29, 1.82) is 0 Å². The third-order valence-corrected chi connectivity index (χ3v) is 6.85. The highest BCUT2D eigenvalue weighted by Gasteiger charge is 2.31. The highest BCUT2D eigenvalue weighted by atomic mass is 35.5. The molecular formula is C13H19ClN2O2S2. The summed E-state index contributed by atoms with van der Waals surface area (Å²) in [5.74, 6) is 1.15. The molecule has 0 spiro atoms. The number of thioether (sulfide) groups is 1. The van der Waals surface area contributed by atoms with Gasteiger partial charge in [0.2, 0.25) is 0 Å². The Labute approximate surface area is 130 Å². The van der Waals surface area contributed by atoms with Crippen molar-refractivity contribution in [3.05, 3.63) is 23.9 Å². The maximum absolute atomic E-state index is 12.6. The number of hydrogen-bond donors (Lipinski definition) is 0. The summed E-state index contributed by atoms with van der Waals surface area (Å²) in [6, 6.07) is 3.25. The number of rotatable bonds is 3. The van der Waals surface area contributed by atoms with Gasteiger partial charge in [-0.05, 0) is 18.1 Å². The zero-order chi connectivity index (χ0) is 14.8. The van der Waals surface area contributed by atoms with Crippen LogP contribution in [0.5, 0.6) is 0 Å². The monoisotopic (exact) mass is 334 g/mol. The van der Waals surface area contributed by atoms with Crippen molar-refractivity contribution in [2.75, 3.05) is 18.8 Å². The molecular weight excluding hydrogens is 316 g/mol. The average molecular weight is 335 g/mol. The molecule has 112 valence electrons. The lowest BCUT2D eigenvalue weighted by Crippen LogP contribution is -2.34. The van der Waals surface area contributed by atoms with Gasteiger partial charge in [-0.3, -0.25) is 0 Å². The van der Waals surface area contributed by atoms with Gasteiger partial charge in [-0.1, -0.05) is 19.9 Å². The predicted octanol–water partition coefficient (Wildman–Crippen LogP) is 2.73. The molecule has 2 heterocycles. The highest BCUT2D eigenvalue weighted by Crippen LogP contribution is 2.32. The van der Waals surface area contributed by atoms with Crippen LogP contribution in [0, 0.1) is 0 Å². The lowest BCUT2D eigenvalue weighted by atomic mass is 10.1. The first-order valence-electron chi connectivity index (χ1n) is 6.50. The fourth-order valence-corrected chi connectivity index (χ4v) is 4.74. The number of aromatic nitrogens is 1. The molecule has 0 aromatic carbocycles. The van der Waals surface area contributed by atoms with Crippen LogP contribution in [0.3, 0.4) is 0 Å². The average Bonchev–Trinajstić information content (AvgIpc) is 2.60. The quantitative estimate of drug-likeness (QED) is 0.797. The minimum atomic E-state index is -3.49. The van der Waals surface area contributed by atoms with E-state index in [2.05, 4.69) is 18.8 Å². The summed E-state index contributed by atoms with van der Waals surface area (Å²) in [6.45, 7) is 5.39. The van der Waals surface area contributed by atoms with Crippen LogP contribution >= 0.6 is 23.4 Å². The van der Waals surface area contributed by atoms with Gasteiger partial charge in [0.05, 0.1) is 0 Å². The first-order valence-corrected chi connectivity index (χ1v) is 9.46. The summed E-state index contributed by atoms with van der Waals surface area (Å²) >= 11 is 7.51. The van der Waals surface area contributed by atoms with Crippen molar-refractivity contribution >= 4 is 33.4 Å². The Balaban J connectivity index is 2.20. The van der Waals surface area contributed by atoms with E-state index in [0.717, 1.165) is 17.7 Å². The van der Waals surface area contributed by atoms with Crippen molar-refractivity contribution in [2.45, 2.75) is 35.9 Å². The normalized spacial score (nSPS) is 20.6. The van der Waals surface area contributed by atoms with Crippen LogP contribution in [0.15, 0.2) is 23.4 Å². The number of alkyl halides is 1. The molecule has 4 nitrogen and oxygen atoms in total. The molecule has 0 amide bonds. The van der Waals surface area contributed by atoms with Gasteiger partial charge >= 0.3 is 0 Å². The van der Waals surface area contributed by atoms with Crippen molar-refractivity contribution in [2.24, 2.45) is 0 Å². The van der Waals surface area contributed by atoms with E-state index in [1.807, 2.05) is 11.8 Å². The minimum Gasteiger partial charge on any atom is -0.243 e. The summed E-state index contributed by atoms with van der Waals surface area (Å²) in [6.07, 6.45) is 2.37. The number of nitrogens with zero attached hydrogens (tertiary/aromatic N) is 2. The molecule has 1 fully saturated rings. The second-order valence-corrected chi connectivity index (χ2v) is 9.35. The van der Waals surface area contributed by atoms with Crippen LogP contribution < -0.4 is 0 Å². The summed E-state index contributed by atoms with van der Waals surface area (Å²) in [7, 11) is -3.49. The van der Waals surface area contributed by atoms with Crippen LogP contribution in [-0.2, 0) is 15.9 Å². The Kier molecular flexibility index (Phi) is 5.00. The van der Waals surface area contributed by atoms with Crippen molar-refractivity contribution in [3.8, 4) is 0 Å². The molecule has 0 N–H and O–H groups in total. The fraction of sp³-hybridized carbons (Fsp3) is 0.615. The smallest absolute Gasteiger partial charge is 0.243 e. The van der Waals surface area contributed by atoms with E-state index in [-0.39, 0.29) is 9.77 Å². The molecule has 0 unspecified atom stereocenters. The molecule has 7 heteroatoms. The number of halogens is 1. The van der Waals surface area contributed by atoms with E-state index < -0.39 is 10.0 Å². The van der Waals surface area contributed by atoms with Crippen molar-refractivity contribution < 1.29 is 8.42 Å².